The van der Waals surface area contributed by atoms with E-state index in [0.29, 0.717) is 19.0 Å². The van der Waals surface area contributed by atoms with Gasteiger partial charge in [0.05, 0.1) is 17.5 Å². The third-order valence-electron chi connectivity index (χ3n) is 3.43. The van der Waals surface area contributed by atoms with E-state index in [0.717, 1.165) is 23.0 Å². The predicted octanol–water partition coefficient (Wildman–Crippen LogP) is 0.997. The number of aromatic nitrogens is 2. The molecule has 3 heterocycles. The molecule has 5 nitrogen and oxygen atoms in total. The van der Waals surface area contributed by atoms with Crippen LogP contribution in [0.1, 0.15) is 5.69 Å². The zero-order valence-corrected chi connectivity index (χ0v) is 10.9. The summed E-state index contributed by atoms with van der Waals surface area (Å²) in [4.78, 5) is 7.58. The number of hydrogen-bond donors (Lipinski definition) is 1. The molecule has 1 fully saturated rings. The van der Waals surface area contributed by atoms with Crippen LogP contribution in [0.15, 0.2) is 24.5 Å². The fourth-order valence-corrected chi connectivity index (χ4v) is 3.36. The first-order chi connectivity index (χ1) is 8.54. The van der Waals surface area contributed by atoms with Gasteiger partial charge in [-0.3, -0.25) is 4.98 Å². The zero-order chi connectivity index (χ0) is 12.8. The molecule has 0 bridgehead atoms. The van der Waals surface area contributed by atoms with E-state index in [-0.39, 0.29) is 0 Å². The van der Waals surface area contributed by atoms with E-state index in [1.165, 1.54) is 10.6 Å². The Labute approximate surface area is 106 Å². The molecule has 2 aromatic heterocycles. The Morgan fingerprint density at radius 3 is 2.94 bits per heavy atom. The van der Waals surface area contributed by atoms with E-state index in [9.17, 15) is 8.42 Å². The summed E-state index contributed by atoms with van der Waals surface area (Å²) in [5.41, 5.74) is 2.09. The maximum Gasteiger partial charge on any atom is 0.211 e. The molecule has 1 aliphatic rings. The molecule has 0 atom stereocenters. The molecular weight excluding hydrogens is 250 g/mol. The summed E-state index contributed by atoms with van der Waals surface area (Å²) in [6, 6.07) is 3.99. The third kappa shape index (κ3) is 2.02. The Kier molecular flexibility index (Phi) is 2.64. The van der Waals surface area contributed by atoms with Gasteiger partial charge in [-0.15, -0.1) is 0 Å². The largest absolute Gasteiger partial charge is 0.360 e. The molecule has 0 amide bonds. The highest BCUT2D eigenvalue weighted by molar-refractivity contribution is 7.88. The van der Waals surface area contributed by atoms with Crippen LogP contribution in [-0.4, -0.2) is 42.0 Å². The maximum atomic E-state index is 11.3. The summed E-state index contributed by atoms with van der Waals surface area (Å²) < 4.78 is 24.1. The molecule has 6 heteroatoms. The first-order valence-corrected chi connectivity index (χ1v) is 7.75. The number of sulfonamides is 1. The summed E-state index contributed by atoms with van der Waals surface area (Å²) in [7, 11) is -3.02. The fraction of sp³-hybridized carbons (Fsp3) is 0.417. The van der Waals surface area contributed by atoms with Gasteiger partial charge in [-0.2, -0.15) is 0 Å². The Morgan fingerprint density at radius 2 is 2.22 bits per heavy atom. The first-order valence-electron chi connectivity index (χ1n) is 5.90. The van der Waals surface area contributed by atoms with E-state index in [4.69, 9.17) is 0 Å². The Bertz CT molecular complexity index is 671. The smallest absolute Gasteiger partial charge is 0.211 e. The van der Waals surface area contributed by atoms with Crippen LogP contribution in [0.5, 0.6) is 0 Å². The molecule has 1 N–H and O–H groups in total. The van der Waals surface area contributed by atoms with Crippen LogP contribution < -0.4 is 0 Å². The summed E-state index contributed by atoms with van der Waals surface area (Å²) in [6.07, 6.45) is 5.79. The lowest BCUT2D eigenvalue weighted by molar-refractivity contribution is 0.200. The molecule has 0 radical (unpaired) electrons. The number of rotatable bonds is 3. The van der Waals surface area contributed by atoms with Crippen LogP contribution in [-0.2, 0) is 16.4 Å². The van der Waals surface area contributed by atoms with Crippen molar-refractivity contribution in [3.05, 3.63) is 30.2 Å². The van der Waals surface area contributed by atoms with Crippen molar-refractivity contribution in [2.45, 2.75) is 6.42 Å². The summed E-state index contributed by atoms with van der Waals surface area (Å²) in [6.45, 7) is 1.22. The number of nitrogens with one attached hydrogen (secondary N) is 1. The first kappa shape index (κ1) is 11.7. The summed E-state index contributed by atoms with van der Waals surface area (Å²) >= 11 is 0. The van der Waals surface area contributed by atoms with E-state index in [1.807, 2.05) is 18.3 Å². The van der Waals surface area contributed by atoms with Gasteiger partial charge in [0.25, 0.3) is 0 Å². The zero-order valence-electron chi connectivity index (χ0n) is 10.1. The number of pyridine rings is 1. The van der Waals surface area contributed by atoms with Crippen molar-refractivity contribution in [1.82, 2.24) is 14.3 Å². The second kappa shape index (κ2) is 4.07. The van der Waals surface area contributed by atoms with Crippen LogP contribution in [0.25, 0.3) is 10.9 Å². The van der Waals surface area contributed by atoms with Crippen LogP contribution in [0.2, 0.25) is 0 Å². The number of aromatic amines is 1. The lowest BCUT2D eigenvalue weighted by atomic mass is 9.96. The molecule has 0 spiro atoms. The van der Waals surface area contributed by atoms with E-state index in [2.05, 4.69) is 9.97 Å². The molecule has 1 saturated heterocycles. The molecule has 1 aliphatic heterocycles. The highest BCUT2D eigenvalue weighted by atomic mass is 32.2. The number of nitrogens with zero attached hydrogens (tertiary/aromatic N) is 2. The van der Waals surface area contributed by atoms with Gasteiger partial charge in [0.2, 0.25) is 10.0 Å². The lowest BCUT2D eigenvalue weighted by Crippen LogP contribution is -2.50. The highest BCUT2D eigenvalue weighted by Crippen LogP contribution is 2.24. The second-order valence-corrected chi connectivity index (χ2v) is 6.83. The summed E-state index contributed by atoms with van der Waals surface area (Å²) in [5, 5.41) is 1.15. The average molecular weight is 265 g/mol. The number of H-pyrrole nitrogens is 1. The molecule has 0 aromatic carbocycles. The standard InChI is InChI=1S/C12H15N3O2S/c1-18(16,17)15-7-9(8-15)6-11-12-10(2-4-13-11)3-5-14-12/h2-5,9,14H,6-8H2,1H3. The molecule has 3 rings (SSSR count). The monoisotopic (exact) mass is 265 g/mol. The molecule has 0 unspecified atom stereocenters. The highest BCUT2D eigenvalue weighted by Gasteiger charge is 2.33. The fourth-order valence-electron chi connectivity index (χ4n) is 2.39. The van der Waals surface area contributed by atoms with E-state index < -0.39 is 10.0 Å². The minimum atomic E-state index is -3.02. The normalized spacial score (nSPS) is 18.1. The van der Waals surface area contributed by atoms with Crippen molar-refractivity contribution in [1.29, 1.82) is 0 Å². The molecule has 18 heavy (non-hydrogen) atoms. The average Bonchev–Trinajstić information content (AvgIpc) is 2.69. The van der Waals surface area contributed by atoms with Crippen molar-refractivity contribution < 1.29 is 8.42 Å². The van der Waals surface area contributed by atoms with E-state index in [1.54, 1.807) is 6.20 Å². The Balaban J connectivity index is 1.74. The van der Waals surface area contributed by atoms with Gasteiger partial charge in [-0.25, -0.2) is 12.7 Å². The molecule has 0 saturated carbocycles. The van der Waals surface area contributed by atoms with Gasteiger partial charge in [0, 0.05) is 30.9 Å². The Morgan fingerprint density at radius 1 is 1.44 bits per heavy atom. The quantitative estimate of drug-likeness (QED) is 0.900. The number of hydrogen-bond acceptors (Lipinski definition) is 3. The van der Waals surface area contributed by atoms with Crippen molar-refractivity contribution in [2.24, 2.45) is 5.92 Å². The van der Waals surface area contributed by atoms with Crippen LogP contribution in [0.4, 0.5) is 0 Å². The van der Waals surface area contributed by atoms with Crippen molar-refractivity contribution in [3.63, 3.8) is 0 Å². The lowest BCUT2D eigenvalue weighted by Gasteiger charge is -2.37. The van der Waals surface area contributed by atoms with Crippen LogP contribution in [0, 0.1) is 5.92 Å². The molecule has 96 valence electrons. The second-order valence-electron chi connectivity index (χ2n) is 4.85. The molecule has 0 aliphatic carbocycles. The summed E-state index contributed by atoms with van der Waals surface area (Å²) in [5.74, 6) is 0.376. The van der Waals surface area contributed by atoms with Gasteiger partial charge >= 0.3 is 0 Å². The van der Waals surface area contributed by atoms with Crippen molar-refractivity contribution in [3.8, 4) is 0 Å². The molecule has 2 aromatic rings. The van der Waals surface area contributed by atoms with Crippen molar-refractivity contribution in [2.75, 3.05) is 19.3 Å². The van der Waals surface area contributed by atoms with Crippen LogP contribution >= 0.6 is 0 Å². The van der Waals surface area contributed by atoms with E-state index >= 15 is 0 Å². The SMILES string of the molecule is CS(=O)(=O)N1CC(Cc2nccc3cc[nH]c23)C1. The van der Waals surface area contributed by atoms with Gasteiger partial charge < -0.3 is 4.98 Å². The van der Waals surface area contributed by atoms with Crippen LogP contribution in [0.3, 0.4) is 0 Å². The van der Waals surface area contributed by atoms with Gasteiger partial charge in [-0.1, -0.05) is 0 Å². The topological polar surface area (TPSA) is 66.1 Å². The van der Waals surface area contributed by atoms with Gasteiger partial charge in [-0.05, 0) is 24.5 Å². The Hall–Kier alpha value is -1.40. The molecular formula is C12H15N3O2S. The van der Waals surface area contributed by atoms with Gasteiger partial charge in [0.1, 0.15) is 0 Å². The minimum Gasteiger partial charge on any atom is -0.360 e. The maximum absolute atomic E-state index is 11.3. The predicted molar refractivity (Wildman–Crippen MR) is 69.7 cm³/mol. The third-order valence-corrected chi connectivity index (χ3v) is 4.66. The van der Waals surface area contributed by atoms with Crippen molar-refractivity contribution >= 4 is 20.9 Å². The number of fused-ring (bicyclic) bond motifs is 1. The minimum absolute atomic E-state index is 0.376. The van der Waals surface area contributed by atoms with Gasteiger partial charge in [0.15, 0.2) is 0 Å².